The normalized spacial score (nSPS) is 10.9. The molecule has 3 rings (SSSR count). The number of hydrogen-bond donors (Lipinski definition) is 2. The minimum absolute atomic E-state index is 0.0449. The summed E-state index contributed by atoms with van der Waals surface area (Å²) in [5.41, 5.74) is 2.45. The van der Waals surface area contributed by atoms with Gasteiger partial charge < -0.3 is 15.2 Å². The molecule has 2 N–H and O–H groups in total. The van der Waals surface area contributed by atoms with E-state index in [-0.39, 0.29) is 24.0 Å². The van der Waals surface area contributed by atoms with Crippen LogP contribution < -0.4 is 10.6 Å². The van der Waals surface area contributed by atoms with Crippen LogP contribution in [0.5, 0.6) is 0 Å². The number of anilines is 2. The number of halogens is 1. The summed E-state index contributed by atoms with van der Waals surface area (Å²) in [6, 6.07) is 14.8. The smallest absolute Gasteiger partial charge is 0.234 e. The molecule has 0 aliphatic carbocycles. The number of nitrogens with one attached hydrogen (secondary N) is 2. The van der Waals surface area contributed by atoms with Gasteiger partial charge in [-0.2, -0.15) is 0 Å². The second-order valence-electron chi connectivity index (χ2n) is 7.24. The molecule has 0 saturated carbocycles. The first-order valence-corrected chi connectivity index (χ1v) is 11.2. The average molecular weight is 458 g/mol. The van der Waals surface area contributed by atoms with Crippen LogP contribution in [0, 0.1) is 0 Å². The molecule has 1 heterocycles. The van der Waals surface area contributed by atoms with E-state index in [1.807, 2.05) is 24.3 Å². The molecule has 2 aromatic carbocycles. The zero-order valence-corrected chi connectivity index (χ0v) is 19.1. The van der Waals surface area contributed by atoms with Crippen LogP contribution in [0.25, 0.3) is 0 Å². The Morgan fingerprint density at radius 3 is 2.35 bits per heavy atom. The molecule has 0 saturated heterocycles. The zero-order valence-electron chi connectivity index (χ0n) is 17.6. The van der Waals surface area contributed by atoms with E-state index >= 15 is 0 Å². The molecule has 1 aromatic heterocycles. The number of nitrogens with zero attached hydrogens (tertiary/aromatic N) is 3. The highest BCUT2D eigenvalue weighted by atomic mass is 35.5. The van der Waals surface area contributed by atoms with E-state index in [1.165, 1.54) is 11.8 Å². The molecule has 0 aliphatic heterocycles. The van der Waals surface area contributed by atoms with Gasteiger partial charge in [0.05, 0.1) is 22.9 Å². The predicted molar refractivity (Wildman–Crippen MR) is 125 cm³/mol. The molecule has 2 amide bonds. The van der Waals surface area contributed by atoms with Gasteiger partial charge in [0, 0.05) is 12.7 Å². The Balaban J connectivity index is 1.56. The van der Waals surface area contributed by atoms with Crippen molar-refractivity contribution in [3.05, 3.63) is 64.9 Å². The maximum absolute atomic E-state index is 12.4. The summed E-state index contributed by atoms with van der Waals surface area (Å²) in [6.07, 6.45) is 0.0449. The van der Waals surface area contributed by atoms with Crippen molar-refractivity contribution in [1.29, 1.82) is 0 Å². The molecule has 0 atom stereocenters. The Kier molecular flexibility index (Phi) is 7.70. The van der Waals surface area contributed by atoms with Crippen LogP contribution in [-0.4, -0.2) is 32.3 Å². The van der Waals surface area contributed by atoms with Gasteiger partial charge in [-0.05, 0) is 29.7 Å². The second kappa shape index (κ2) is 10.5. The zero-order chi connectivity index (χ0) is 22.4. The molecule has 0 aliphatic rings. The fourth-order valence-corrected chi connectivity index (χ4v) is 3.87. The summed E-state index contributed by atoms with van der Waals surface area (Å²) in [6.45, 7) is 4.17. The van der Waals surface area contributed by atoms with Crippen LogP contribution in [0.4, 0.5) is 11.4 Å². The number of aromatic nitrogens is 3. The third kappa shape index (κ3) is 6.08. The molecule has 9 heteroatoms. The third-order valence-electron chi connectivity index (χ3n) is 4.58. The highest BCUT2D eigenvalue weighted by molar-refractivity contribution is 7.99. The van der Waals surface area contributed by atoms with Crippen LogP contribution in [0.3, 0.4) is 0 Å². The first kappa shape index (κ1) is 22.8. The number of carbonyl (C=O) groups is 2. The average Bonchev–Trinajstić information content (AvgIpc) is 3.07. The molecule has 7 nitrogen and oxygen atoms in total. The fraction of sp³-hybridized carbons (Fsp3) is 0.273. The highest BCUT2D eigenvalue weighted by Crippen LogP contribution is 2.24. The largest absolute Gasteiger partial charge is 0.325 e. The lowest BCUT2D eigenvalue weighted by molar-refractivity contribution is -0.116. The van der Waals surface area contributed by atoms with Crippen molar-refractivity contribution in [1.82, 2.24) is 14.8 Å². The Morgan fingerprint density at radius 1 is 1.00 bits per heavy atom. The van der Waals surface area contributed by atoms with Gasteiger partial charge in [0.1, 0.15) is 5.82 Å². The third-order valence-corrected chi connectivity index (χ3v) is 5.93. The summed E-state index contributed by atoms with van der Waals surface area (Å²) >= 11 is 7.34. The summed E-state index contributed by atoms with van der Waals surface area (Å²) in [5.74, 6) is 0.617. The second-order valence-corrected chi connectivity index (χ2v) is 8.59. The van der Waals surface area contributed by atoms with Crippen molar-refractivity contribution in [2.24, 2.45) is 7.05 Å². The number of hydrogen-bond acceptors (Lipinski definition) is 5. The molecule has 0 bridgehead atoms. The Morgan fingerprint density at radius 2 is 1.65 bits per heavy atom. The monoisotopic (exact) mass is 457 g/mol. The van der Waals surface area contributed by atoms with Gasteiger partial charge in [-0.25, -0.2) is 0 Å². The number of thioether (sulfide) groups is 1. The predicted octanol–water partition coefficient (Wildman–Crippen LogP) is 4.50. The van der Waals surface area contributed by atoms with Crippen molar-refractivity contribution >= 4 is 46.6 Å². The number of rotatable bonds is 8. The van der Waals surface area contributed by atoms with Gasteiger partial charge in [0.2, 0.25) is 11.8 Å². The number of amides is 2. The van der Waals surface area contributed by atoms with E-state index in [2.05, 4.69) is 34.7 Å². The Hall–Kier alpha value is -2.84. The summed E-state index contributed by atoms with van der Waals surface area (Å²) in [5, 5.41) is 14.9. The van der Waals surface area contributed by atoms with E-state index in [4.69, 9.17) is 11.6 Å². The number of benzene rings is 2. The Bertz CT molecular complexity index is 1080. The minimum atomic E-state index is -0.247. The van der Waals surface area contributed by atoms with Crippen molar-refractivity contribution in [3.8, 4) is 0 Å². The summed E-state index contributed by atoms with van der Waals surface area (Å²) in [7, 11) is 1.77. The molecule has 0 spiro atoms. The minimum Gasteiger partial charge on any atom is -0.325 e. The highest BCUT2D eigenvalue weighted by Gasteiger charge is 2.16. The summed E-state index contributed by atoms with van der Waals surface area (Å²) < 4.78 is 1.71. The van der Waals surface area contributed by atoms with Crippen molar-refractivity contribution < 1.29 is 9.59 Å². The van der Waals surface area contributed by atoms with Crippen molar-refractivity contribution in [2.75, 3.05) is 16.4 Å². The Labute approximate surface area is 190 Å². The van der Waals surface area contributed by atoms with E-state index in [0.29, 0.717) is 27.6 Å². The summed E-state index contributed by atoms with van der Waals surface area (Å²) in [4.78, 5) is 24.8. The number of para-hydroxylation sites is 2. The van der Waals surface area contributed by atoms with E-state index in [9.17, 15) is 9.59 Å². The molecule has 31 heavy (non-hydrogen) atoms. The van der Waals surface area contributed by atoms with Crippen LogP contribution in [-0.2, 0) is 23.1 Å². The van der Waals surface area contributed by atoms with Crippen LogP contribution in [0.1, 0.15) is 31.2 Å². The first-order chi connectivity index (χ1) is 14.8. The standard InChI is InChI=1S/C22H24ClN5O2S/c1-14(2)15-8-4-6-10-17(15)24-21(30)13-31-22-27-26-19(28(22)3)12-20(29)25-18-11-7-5-9-16(18)23/h4-11,14H,12-13H2,1-3H3,(H,24,30)(H,25,29). The van der Waals surface area contributed by atoms with Crippen LogP contribution in [0.15, 0.2) is 53.7 Å². The van der Waals surface area contributed by atoms with Crippen LogP contribution in [0.2, 0.25) is 5.02 Å². The molecule has 0 unspecified atom stereocenters. The molecular weight excluding hydrogens is 434 g/mol. The lowest BCUT2D eigenvalue weighted by atomic mass is 10.0. The van der Waals surface area contributed by atoms with Crippen molar-refractivity contribution in [3.63, 3.8) is 0 Å². The van der Waals surface area contributed by atoms with E-state index in [0.717, 1.165) is 11.3 Å². The van der Waals surface area contributed by atoms with Gasteiger partial charge in [-0.15, -0.1) is 10.2 Å². The molecule has 162 valence electrons. The molecule has 0 radical (unpaired) electrons. The maximum atomic E-state index is 12.4. The molecule has 0 fully saturated rings. The van der Waals surface area contributed by atoms with Gasteiger partial charge in [-0.1, -0.05) is 67.5 Å². The van der Waals surface area contributed by atoms with Gasteiger partial charge >= 0.3 is 0 Å². The SMILES string of the molecule is CC(C)c1ccccc1NC(=O)CSc1nnc(CC(=O)Nc2ccccc2Cl)n1C. The first-order valence-electron chi connectivity index (χ1n) is 9.79. The fourth-order valence-electron chi connectivity index (χ4n) is 2.96. The maximum Gasteiger partial charge on any atom is 0.234 e. The quantitative estimate of drug-likeness (QED) is 0.486. The van der Waals surface area contributed by atoms with E-state index in [1.54, 1.807) is 35.9 Å². The van der Waals surface area contributed by atoms with Crippen LogP contribution >= 0.6 is 23.4 Å². The number of carbonyl (C=O) groups excluding carboxylic acids is 2. The molecular formula is C22H24ClN5O2S. The van der Waals surface area contributed by atoms with Gasteiger partial charge in [0.15, 0.2) is 5.16 Å². The molecule has 3 aromatic rings. The van der Waals surface area contributed by atoms with E-state index < -0.39 is 0 Å². The topological polar surface area (TPSA) is 88.9 Å². The van der Waals surface area contributed by atoms with Gasteiger partial charge in [-0.3, -0.25) is 9.59 Å². The van der Waals surface area contributed by atoms with Crippen molar-refractivity contribution in [2.45, 2.75) is 31.3 Å². The lowest BCUT2D eigenvalue weighted by Gasteiger charge is -2.13. The lowest BCUT2D eigenvalue weighted by Crippen LogP contribution is -2.17. The van der Waals surface area contributed by atoms with Gasteiger partial charge in [0.25, 0.3) is 0 Å².